The van der Waals surface area contributed by atoms with E-state index in [2.05, 4.69) is 19.8 Å². The predicted molar refractivity (Wildman–Crippen MR) is 111 cm³/mol. The molecular weight excluding hydrogens is 374 g/mol. The highest BCUT2D eigenvalue weighted by atomic mass is 35.5. The Morgan fingerprint density at radius 2 is 1.79 bits per heavy atom. The van der Waals surface area contributed by atoms with Crippen molar-refractivity contribution in [1.29, 1.82) is 0 Å². The molecule has 0 bridgehead atoms. The number of hydrogen-bond donors (Lipinski definition) is 0. The van der Waals surface area contributed by atoms with Gasteiger partial charge in [-0.2, -0.15) is 0 Å². The molecule has 0 N–H and O–H groups in total. The summed E-state index contributed by atoms with van der Waals surface area (Å²) in [5, 5.41) is 0.651. The van der Waals surface area contributed by atoms with E-state index in [0.717, 1.165) is 66.9 Å². The Morgan fingerprint density at radius 3 is 2.54 bits per heavy atom. The number of nitrogens with zero attached hydrogens (tertiary/aromatic N) is 5. The first kappa shape index (κ1) is 18.9. The third-order valence-electron chi connectivity index (χ3n) is 5.09. The van der Waals surface area contributed by atoms with Crippen molar-refractivity contribution in [2.75, 3.05) is 31.1 Å². The molecule has 4 rings (SSSR count). The van der Waals surface area contributed by atoms with Gasteiger partial charge in [0.2, 0.25) is 5.89 Å². The molecule has 1 fully saturated rings. The Hall–Kier alpha value is -2.44. The monoisotopic (exact) mass is 397 g/mol. The molecule has 7 heteroatoms. The van der Waals surface area contributed by atoms with Gasteiger partial charge in [-0.15, -0.1) is 0 Å². The second-order valence-corrected chi connectivity index (χ2v) is 7.59. The summed E-state index contributed by atoms with van der Waals surface area (Å²) in [5.74, 6) is 2.43. The Balaban J connectivity index is 1.43. The summed E-state index contributed by atoms with van der Waals surface area (Å²) in [6.07, 6.45) is 1.82. The molecule has 1 aliphatic rings. The second kappa shape index (κ2) is 7.89. The largest absolute Gasteiger partial charge is 0.441 e. The zero-order chi connectivity index (χ0) is 19.7. The van der Waals surface area contributed by atoms with Crippen LogP contribution in [0.1, 0.15) is 22.8 Å². The van der Waals surface area contributed by atoms with E-state index in [1.54, 1.807) is 0 Å². The fourth-order valence-electron chi connectivity index (χ4n) is 3.48. The minimum Gasteiger partial charge on any atom is -0.441 e. The van der Waals surface area contributed by atoms with Crippen LogP contribution in [0, 0.1) is 20.8 Å². The Morgan fingerprint density at radius 1 is 1.04 bits per heavy atom. The first-order chi connectivity index (χ1) is 13.5. The van der Waals surface area contributed by atoms with Gasteiger partial charge >= 0.3 is 0 Å². The molecule has 0 radical (unpaired) electrons. The molecule has 146 valence electrons. The number of aryl methyl sites for hydroxylation is 3. The van der Waals surface area contributed by atoms with Crippen LogP contribution < -0.4 is 4.90 Å². The van der Waals surface area contributed by atoms with Gasteiger partial charge in [0.1, 0.15) is 11.6 Å². The quantitative estimate of drug-likeness (QED) is 0.662. The minimum atomic E-state index is 0.586. The van der Waals surface area contributed by atoms with Crippen LogP contribution in [0.5, 0.6) is 0 Å². The van der Waals surface area contributed by atoms with Crippen molar-refractivity contribution in [2.45, 2.75) is 27.3 Å². The van der Waals surface area contributed by atoms with Crippen LogP contribution in [-0.4, -0.2) is 46.0 Å². The van der Waals surface area contributed by atoms with Gasteiger partial charge in [-0.1, -0.05) is 23.7 Å². The Labute approximate surface area is 170 Å². The van der Waals surface area contributed by atoms with Crippen molar-refractivity contribution in [2.24, 2.45) is 0 Å². The van der Waals surface area contributed by atoms with E-state index in [-0.39, 0.29) is 0 Å². The van der Waals surface area contributed by atoms with Crippen molar-refractivity contribution < 1.29 is 4.42 Å². The zero-order valence-electron chi connectivity index (χ0n) is 16.4. The highest BCUT2D eigenvalue weighted by molar-refractivity contribution is 6.33. The first-order valence-corrected chi connectivity index (χ1v) is 9.88. The number of aromatic nitrogens is 3. The van der Waals surface area contributed by atoms with Gasteiger partial charge in [0.15, 0.2) is 0 Å². The van der Waals surface area contributed by atoms with E-state index in [9.17, 15) is 0 Å². The number of benzene rings is 1. The lowest BCUT2D eigenvalue weighted by Gasteiger charge is -2.35. The van der Waals surface area contributed by atoms with Crippen LogP contribution in [0.15, 0.2) is 34.9 Å². The van der Waals surface area contributed by atoms with Crippen LogP contribution in [-0.2, 0) is 6.54 Å². The SMILES string of the molecule is Cc1cnc(C)c(N2CCN(Cc3nc(-c4ccccc4Cl)oc3C)CC2)n1. The van der Waals surface area contributed by atoms with Crippen LogP contribution >= 0.6 is 11.6 Å². The highest BCUT2D eigenvalue weighted by Gasteiger charge is 2.22. The smallest absolute Gasteiger partial charge is 0.228 e. The molecule has 0 amide bonds. The predicted octanol–water partition coefficient (Wildman–Crippen LogP) is 4.03. The number of rotatable bonds is 4. The van der Waals surface area contributed by atoms with Crippen molar-refractivity contribution in [3.63, 3.8) is 0 Å². The van der Waals surface area contributed by atoms with E-state index < -0.39 is 0 Å². The van der Waals surface area contributed by atoms with Gasteiger partial charge in [-0.25, -0.2) is 9.97 Å². The number of halogens is 1. The zero-order valence-corrected chi connectivity index (χ0v) is 17.2. The molecule has 3 heterocycles. The van der Waals surface area contributed by atoms with Gasteiger partial charge in [0, 0.05) is 38.9 Å². The maximum atomic E-state index is 6.28. The average molecular weight is 398 g/mol. The van der Waals surface area contributed by atoms with E-state index in [1.807, 2.05) is 51.2 Å². The van der Waals surface area contributed by atoms with Crippen LogP contribution in [0.2, 0.25) is 5.02 Å². The maximum Gasteiger partial charge on any atom is 0.228 e. The highest BCUT2D eigenvalue weighted by Crippen LogP contribution is 2.29. The number of hydrogen-bond acceptors (Lipinski definition) is 6. The number of piperazine rings is 1. The van der Waals surface area contributed by atoms with Gasteiger partial charge in [0.25, 0.3) is 0 Å². The van der Waals surface area contributed by atoms with Gasteiger partial charge < -0.3 is 9.32 Å². The molecular formula is C21H24ClN5O. The summed E-state index contributed by atoms with van der Waals surface area (Å²) in [6.45, 7) is 10.5. The average Bonchev–Trinajstić information content (AvgIpc) is 3.05. The van der Waals surface area contributed by atoms with Crippen molar-refractivity contribution in [3.8, 4) is 11.5 Å². The Kier molecular flexibility index (Phi) is 5.33. The molecule has 2 aromatic heterocycles. The molecule has 3 aromatic rings. The van der Waals surface area contributed by atoms with Gasteiger partial charge in [-0.05, 0) is 32.9 Å². The van der Waals surface area contributed by atoms with Gasteiger partial charge in [0.05, 0.1) is 27.7 Å². The van der Waals surface area contributed by atoms with E-state index in [0.29, 0.717) is 10.9 Å². The minimum absolute atomic E-state index is 0.586. The number of anilines is 1. The summed E-state index contributed by atoms with van der Waals surface area (Å²) in [5.41, 5.74) is 3.73. The molecule has 6 nitrogen and oxygen atoms in total. The molecule has 1 aliphatic heterocycles. The standard InChI is InChI=1S/C21H24ClN5O/c1-14-12-23-15(2)20(24-14)27-10-8-26(9-11-27)13-19-16(3)28-21(25-19)17-6-4-5-7-18(17)22/h4-7,12H,8-11,13H2,1-3H3. The lowest BCUT2D eigenvalue weighted by molar-refractivity contribution is 0.245. The second-order valence-electron chi connectivity index (χ2n) is 7.19. The van der Waals surface area contributed by atoms with Crippen LogP contribution in [0.4, 0.5) is 5.82 Å². The molecule has 0 atom stereocenters. The fourth-order valence-corrected chi connectivity index (χ4v) is 3.70. The third kappa shape index (κ3) is 3.88. The Bertz CT molecular complexity index is 979. The van der Waals surface area contributed by atoms with E-state index >= 15 is 0 Å². The maximum absolute atomic E-state index is 6.28. The molecule has 1 saturated heterocycles. The normalized spacial score (nSPS) is 15.2. The first-order valence-electron chi connectivity index (χ1n) is 9.50. The van der Waals surface area contributed by atoms with E-state index in [4.69, 9.17) is 21.0 Å². The molecule has 0 saturated carbocycles. The van der Waals surface area contributed by atoms with Crippen molar-refractivity contribution in [1.82, 2.24) is 19.9 Å². The summed E-state index contributed by atoms with van der Waals surface area (Å²) >= 11 is 6.28. The van der Waals surface area contributed by atoms with E-state index in [1.165, 1.54) is 0 Å². The van der Waals surface area contributed by atoms with Crippen molar-refractivity contribution >= 4 is 17.4 Å². The summed E-state index contributed by atoms with van der Waals surface area (Å²) in [4.78, 5) is 18.5. The van der Waals surface area contributed by atoms with Crippen molar-refractivity contribution in [3.05, 3.63) is 58.3 Å². The summed E-state index contributed by atoms with van der Waals surface area (Å²) in [6, 6.07) is 7.63. The molecule has 28 heavy (non-hydrogen) atoms. The molecule has 0 spiro atoms. The molecule has 0 aliphatic carbocycles. The molecule has 0 unspecified atom stereocenters. The fraction of sp³-hybridized carbons (Fsp3) is 0.381. The summed E-state index contributed by atoms with van der Waals surface area (Å²) in [7, 11) is 0. The lowest BCUT2D eigenvalue weighted by atomic mass is 10.2. The topological polar surface area (TPSA) is 58.3 Å². The number of oxazole rings is 1. The lowest BCUT2D eigenvalue weighted by Crippen LogP contribution is -2.46. The third-order valence-corrected chi connectivity index (χ3v) is 5.42. The van der Waals surface area contributed by atoms with Crippen LogP contribution in [0.25, 0.3) is 11.5 Å². The summed E-state index contributed by atoms with van der Waals surface area (Å²) < 4.78 is 5.89. The molecule has 1 aromatic carbocycles. The van der Waals surface area contributed by atoms with Gasteiger partial charge in [-0.3, -0.25) is 9.88 Å². The van der Waals surface area contributed by atoms with Crippen LogP contribution in [0.3, 0.4) is 0 Å².